The molecule has 0 aromatic heterocycles. The van der Waals surface area contributed by atoms with E-state index in [4.69, 9.17) is 4.74 Å². The molecule has 0 amide bonds. The Balaban J connectivity index is 1.99. The molecule has 2 rings (SSSR count). The van der Waals surface area contributed by atoms with Crippen LogP contribution >= 0.6 is 0 Å². The Labute approximate surface area is 126 Å². The number of hydrogen-bond acceptors (Lipinski definition) is 3. The summed E-state index contributed by atoms with van der Waals surface area (Å²) in [7, 11) is 0. The monoisotopic (exact) mass is 291 g/mol. The van der Waals surface area contributed by atoms with E-state index in [1.807, 2.05) is 12.1 Å². The Morgan fingerprint density at radius 3 is 2.76 bits per heavy atom. The Morgan fingerprint density at radius 1 is 1.38 bits per heavy atom. The lowest BCUT2D eigenvalue weighted by Crippen LogP contribution is -2.46. The lowest BCUT2D eigenvalue weighted by molar-refractivity contribution is -0.0932. The van der Waals surface area contributed by atoms with Crippen molar-refractivity contribution < 1.29 is 14.6 Å². The van der Waals surface area contributed by atoms with Crippen molar-refractivity contribution in [2.75, 3.05) is 6.61 Å². The first kappa shape index (κ1) is 16.0. The van der Waals surface area contributed by atoms with E-state index in [1.165, 1.54) is 0 Å². The van der Waals surface area contributed by atoms with Crippen molar-refractivity contribution in [2.24, 2.45) is 0 Å². The van der Waals surface area contributed by atoms with Crippen LogP contribution < -0.4 is 5.32 Å². The van der Waals surface area contributed by atoms with E-state index < -0.39 is 5.97 Å². The standard InChI is InChI=1S/C17H25NO3/c1-3-17(4-2)11-14(9-10-21-17)18-12-13-7-5-6-8-15(13)16(19)20/h5-8,14,18H,3-4,9-12H2,1-2H3,(H,19,20). The van der Waals surface area contributed by atoms with E-state index >= 15 is 0 Å². The third-order valence-corrected chi connectivity index (χ3v) is 4.61. The molecule has 1 saturated heterocycles. The summed E-state index contributed by atoms with van der Waals surface area (Å²) in [5.41, 5.74) is 1.21. The second kappa shape index (κ2) is 7.05. The molecule has 1 aliphatic heterocycles. The summed E-state index contributed by atoms with van der Waals surface area (Å²) < 4.78 is 5.97. The Kier molecular flexibility index (Phi) is 5.37. The minimum absolute atomic E-state index is 0.0117. The predicted octanol–water partition coefficient (Wildman–Crippen LogP) is 3.21. The van der Waals surface area contributed by atoms with Crippen LogP contribution in [0, 0.1) is 0 Å². The fourth-order valence-electron chi connectivity index (χ4n) is 3.08. The van der Waals surface area contributed by atoms with Gasteiger partial charge < -0.3 is 15.2 Å². The zero-order chi connectivity index (χ0) is 15.3. The first-order chi connectivity index (χ1) is 10.1. The molecule has 0 spiro atoms. The van der Waals surface area contributed by atoms with Gasteiger partial charge in [0.05, 0.1) is 11.2 Å². The van der Waals surface area contributed by atoms with E-state index in [1.54, 1.807) is 12.1 Å². The Morgan fingerprint density at radius 2 is 2.10 bits per heavy atom. The minimum atomic E-state index is -0.865. The second-order valence-electron chi connectivity index (χ2n) is 5.77. The van der Waals surface area contributed by atoms with Gasteiger partial charge >= 0.3 is 5.97 Å². The van der Waals surface area contributed by atoms with Crippen molar-refractivity contribution in [1.82, 2.24) is 5.32 Å². The molecule has 0 aliphatic carbocycles. The summed E-state index contributed by atoms with van der Waals surface area (Å²) in [5.74, 6) is -0.865. The van der Waals surface area contributed by atoms with Gasteiger partial charge in [0.2, 0.25) is 0 Å². The van der Waals surface area contributed by atoms with Crippen molar-refractivity contribution in [3.8, 4) is 0 Å². The molecule has 2 N–H and O–H groups in total. The Bertz CT molecular complexity index is 483. The molecule has 116 valence electrons. The van der Waals surface area contributed by atoms with Gasteiger partial charge in [-0.2, -0.15) is 0 Å². The number of aromatic carboxylic acids is 1. The smallest absolute Gasteiger partial charge is 0.336 e. The minimum Gasteiger partial charge on any atom is -0.478 e. The fourth-order valence-corrected chi connectivity index (χ4v) is 3.08. The second-order valence-corrected chi connectivity index (χ2v) is 5.77. The average Bonchev–Trinajstić information content (AvgIpc) is 2.53. The molecule has 1 aliphatic rings. The van der Waals surface area contributed by atoms with Gasteiger partial charge in [-0.15, -0.1) is 0 Å². The first-order valence-electron chi connectivity index (χ1n) is 7.79. The van der Waals surface area contributed by atoms with Gasteiger partial charge in [-0.1, -0.05) is 32.0 Å². The average molecular weight is 291 g/mol. The molecule has 4 heteroatoms. The lowest BCUT2D eigenvalue weighted by Gasteiger charge is -2.40. The van der Waals surface area contributed by atoms with Crippen molar-refractivity contribution in [3.63, 3.8) is 0 Å². The topological polar surface area (TPSA) is 58.6 Å². The largest absolute Gasteiger partial charge is 0.478 e. The van der Waals surface area contributed by atoms with E-state index in [9.17, 15) is 9.90 Å². The molecule has 1 heterocycles. The highest BCUT2D eigenvalue weighted by Gasteiger charge is 2.34. The maximum Gasteiger partial charge on any atom is 0.336 e. The van der Waals surface area contributed by atoms with E-state index in [-0.39, 0.29) is 5.60 Å². The van der Waals surface area contributed by atoms with Crippen LogP contribution in [0.1, 0.15) is 55.5 Å². The van der Waals surface area contributed by atoms with Crippen LogP contribution in [-0.4, -0.2) is 29.3 Å². The summed E-state index contributed by atoms with van der Waals surface area (Å²) in [4.78, 5) is 11.2. The van der Waals surface area contributed by atoms with Gasteiger partial charge in [0, 0.05) is 19.2 Å². The quantitative estimate of drug-likeness (QED) is 0.845. The number of carboxylic acid groups (broad SMARTS) is 1. The number of rotatable bonds is 6. The molecule has 1 aromatic rings. The number of ether oxygens (including phenoxy) is 1. The number of nitrogens with one attached hydrogen (secondary N) is 1. The SMILES string of the molecule is CCC1(CC)CC(NCc2ccccc2C(=O)O)CCO1. The van der Waals surface area contributed by atoms with Crippen molar-refractivity contribution in [2.45, 2.75) is 57.7 Å². The molecule has 1 unspecified atom stereocenters. The molecule has 0 bridgehead atoms. The maximum atomic E-state index is 11.2. The highest BCUT2D eigenvalue weighted by Crippen LogP contribution is 2.31. The molecular weight excluding hydrogens is 266 g/mol. The van der Waals surface area contributed by atoms with Crippen LogP contribution in [0.3, 0.4) is 0 Å². The van der Waals surface area contributed by atoms with Crippen LogP contribution in [0.5, 0.6) is 0 Å². The zero-order valence-corrected chi connectivity index (χ0v) is 12.9. The highest BCUT2D eigenvalue weighted by atomic mass is 16.5. The maximum absolute atomic E-state index is 11.2. The van der Waals surface area contributed by atoms with Gasteiger partial charge in [0.25, 0.3) is 0 Å². The van der Waals surface area contributed by atoms with Crippen LogP contribution in [-0.2, 0) is 11.3 Å². The van der Waals surface area contributed by atoms with Gasteiger partial charge in [-0.25, -0.2) is 4.79 Å². The van der Waals surface area contributed by atoms with Gasteiger partial charge in [-0.05, 0) is 37.3 Å². The van der Waals surface area contributed by atoms with Crippen molar-refractivity contribution >= 4 is 5.97 Å². The van der Waals surface area contributed by atoms with Crippen LogP contribution in [0.25, 0.3) is 0 Å². The molecule has 0 radical (unpaired) electrons. The summed E-state index contributed by atoms with van der Waals surface area (Å²) in [5, 5.41) is 12.7. The third-order valence-electron chi connectivity index (χ3n) is 4.61. The lowest BCUT2D eigenvalue weighted by atomic mass is 9.86. The van der Waals surface area contributed by atoms with Crippen LogP contribution in [0.15, 0.2) is 24.3 Å². The first-order valence-corrected chi connectivity index (χ1v) is 7.79. The van der Waals surface area contributed by atoms with Crippen molar-refractivity contribution in [3.05, 3.63) is 35.4 Å². The van der Waals surface area contributed by atoms with Crippen molar-refractivity contribution in [1.29, 1.82) is 0 Å². The molecule has 1 aromatic carbocycles. The van der Waals surface area contributed by atoms with E-state index in [0.717, 1.165) is 37.9 Å². The predicted molar refractivity (Wildman–Crippen MR) is 82.5 cm³/mol. The number of carbonyl (C=O) groups is 1. The van der Waals surface area contributed by atoms with Gasteiger partial charge in [0.1, 0.15) is 0 Å². The molecule has 1 atom stereocenters. The molecule has 1 fully saturated rings. The number of benzene rings is 1. The zero-order valence-electron chi connectivity index (χ0n) is 12.9. The Hall–Kier alpha value is -1.39. The number of carboxylic acids is 1. The van der Waals surface area contributed by atoms with Gasteiger partial charge in [0.15, 0.2) is 0 Å². The summed E-state index contributed by atoms with van der Waals surface area (Å²) >= 11 is 0. The number of hydrogen-bond donors (Lipinski definition) is 2. The summed E-state index contributed by atoms with van der Waals surface area (Å²) in [6.45, 7) is 5.72. The third kappa shape index (κ3) is 3.83. The van der Waals surface area contributed by atoms with E-state index in [0.29, 0.717) is 18.2 Å². The summed E-state index contributed by atoms with van der Waals surface area (Å²) in [6, 6.07) is 7.57. The summed E-state index contributed by atoms with van der Waals surface area (Å²) in [6.07, 6.45) is 4.02. The fraction of sp³-hybridized carbons (Fsp3) is 0.588. The molecule has 21 heavy (non-hydrogen) atoms. The normalized spacial score (nSPS) is 21.1. The molecular formula is C17H25NO3. The molecule has 0 saturated carbocycles. The van der Waals surface area contributed by atoms with E-state index in [2.05, 4.69) is 19.2 Å². The van der Waals surface area contributed by atoms with Gasteiger partial charge in [-0.3, -0.25) is 0 Å². The highest BCUT2D eigenvalue weighted by molar-refractivity contribution is 5.89. The molecule has 4 nitrogen and oxygen atoms in total. The van der Waals surface area contributed by atoms with Crippen LogP contribution in [0.4, 0.5) is 0 Å². The van der Waals surface area contributed by atoms with Crippen LogP contribution in [0.2, 0.25) is 0 Å².